The lowest BCUT2D eigenvalue weighted by Crippen LogP contribution is -2.14. The summed E-state index contributed by atoms with van der Waals surface area (Å²) in [5, 5.41) is 5.23. The van der Waals surface area contributed by atoms with Crippen molar-refractivity contribution in [2.24, 2.45) is 0 Å². The van der Waals surface area contributed by atoms with Crippen molar-refractivity contribution >= 4 is 23.1 Å². The molecule has 0 bridgehead atoms. The Hall–Kier alpha value is -2.93. The molecular formula is C18H17N3O3S. The van der Waals surface area contributed by atoms with Crippen LogP contribution in [0.15, 0.2) is 41.9 Å². The van der Waals surface area contributed by atoms with Gasteiger partial charge in [0.2, 0.25) is 0 Å². The first-order chi connectivity index (χ1) is 12.1. The third kappa shape index (κ3) is 3.61. The minimum absolute atomic E-state index is 0.287. The number of rotatable bonds is 5. The third-order valence-electron chi connectivity index (χ3n) is 3.61. The summed E-state index contributed by atoms with van der Waals surface area (Å²) in [7, 11) is 3.17. The normalized spacial score (nSPS) is 10.4. The first kappa shape index (κ1) is 16.9. The summed E-state index contributed by atoms with van der Waals surface area (Å²) < 4.78 is 10.5. The summed E-state index contributed by atoms with van der Waals surface area (Å²) in [5.41, 5.74) is 2.10. The summed E-state index contributed by atoms with van der Waals surface area (Å²) in [6, 6.07) is 9.24. The number of methoxy groups -OCH3 is 2. The minimum Gasteiger partial charge on any atom is -0.493 e. The first-order valence-electron chi connectivity index (χ1n) is 7.53. The van der Waals surface area contributed by atoms with Gasteiger partial charge in [0.1, 0.15) is 16.5 Å². The van der Waals surface area contributed by atoms with Crippen LogP contribution in [0.1, 0.15) is 16.1 Å². The number of benzene rings is 1. The maximum absolute atomic E-state index is 12.4. The van der Waals surface area contributed by atoms with Crippen LogP contribution in [0.3, 0.4) is 0 Å². The minimum atomic E-state index is -0.287. The van der Waals surface area contributed by atoms with Gasteiger partial charge in [0.25, 0.3) is 5.91 Å². The molecule has 0 spiro atoms. The van der Waals surface area contributed by atoms with Crippen molar-refractivity contribution in [3.63, 3.8) is 0 Å². The van der Waals surface area contributed by atoms with E-state index in [0.717, 1.165) is 16.1 Å². The van der Waals surface area contributed by atoms with Crippen LogP contribution in [0.4, 0.5) is 5.82 Å². The van der Waals surface area contributed by atoms with Crippen molar-refractivity contribution in [1.29, 1.82) is 0 Å². The second kappa shape index (κ2) is 7.31. The molecule has 0 fully saturated rings. The Morgan fingerprint density at radius 3 is 2.68 bits per heavy atom. The molecule has 0 radical (unpaired) electrons. The number of hydrogen-bond donors (Lipinski definition) is 1. The van der Waals surface area contributed by atoms with E-state index < -0.39 is 0 Å². The highest BCUT2D eigenvalue weighted by molar-refractivity contribution is 7.13. The van der Waals surface area contributed by atoms with Crippen LogP contribution < -0.4 is 14.8 Å². The standard InChI is InChI=1S/C18H17N3O3S/c1-11-5-4-8-19-16(11)21-17(22)13-10-25-18(20-13)12-6-7-14(23-2)15(9-12)24-3/h4-10H,1-3H3,(H,19,21,22). The van der Waals surface area contributed by atoms with Crippen LogP contribution in [-0.4, -0.2) is 30.1 Å². The van der Waals surface area contributed by atoms with E-state index in [1.54, 1.807) is 25.8 Å². The van der Waals surface area contributed by atoms with Crippen LogP contribution in [0.5, 0.6) is 11.5 Å². The number of thiazole rings is 1. The number of nitrogens with one attached hydrogen (secondary N) is 1. The van der Waals surface area contributed by atoms with Gasteiger partial charge in [-0.1, -0.05) is 6.07 Å². The van der Waals surface area contributed by atoms with E-state index in [9.17, 15) is 4.79 Å². The summed E-state index contributed by atoms with van der Waals surface area (Å²) in [4.78, 5) is 21.0. The van der Waals surface area contributed by atoms with Gasteiger partial charge in [0.15, 0.2) is 11.5 Å². The van der Waals surface area contributed by atoms with Crippen molar-refractivity contribution in [3.8, 4) is 22.1 Å². The third-order valence-corrected chi connectivity index (χ3v) is 4.50. The average molecular weight is 355 g/mol. The maximum atomic E-state index is 12.4. The van der Waals surface area contributed by atoms with Gasteiger partial charge in [-0.2, -0.15) is 0 Å². The van der Waals surface area contributed by atoms with Crippen molar-refractivity contribution in [2.45, 2.75) is 6.92 Å². The highest BCUT2D eigenvalue weighted by Gasteiger charge is 2.15. The van der Waals surface area contributed by atoms with Crippen molar-refractivity contribution in [3.05, 3.63) is 53.2 Å². The van der Waals surface area contributed by atoms with Gasteiger partial charge in [-0.25, -0.2) is 9.97 Å². The molecule has 2 heterocycles. The molecule has 0 unspecified atom stereocenters. The molecule has 1 N–H and O–H groups in total. The quantitative estimate of drug-likeness (QED) is 0.754. The Kier molecular flexibility index (Phi) is 4.95. The molecule has 0 saturated carbocycles. The van der Waals surface area contributed by atoms with E-state index in [1.807, 2.05) is 37.3 Å². The van der Waals surface area contributed by atoms with Crippen LogP contribution in [0, 0.1) is 6.92 Å². The lowest BCUT2D eigenvalue weighted by atomic mass is 10.2. The lowest BCUT2D eigenvalue weighted by Gasteiger charge is -2.08. The molecule has 0 atom stereocenters. The number of aromatic nitrogens is 2. The molecule has 3 rings (SSSR count). The fourth-order valence-corrected chi connectivity index (χ4v) is 3.07. The molecule has 6 nitrogen and oxygen atoms in total. The van der Waals surface area contributed by atoms with E-state index in [2.05, 4.69) is 15.3 Å². The number of amides is 1. The Morgan fingerprint density at radius 1 is 1.16 bits per heavy atom. The summed E-state index contributed by atoms with van der Waals surface area (Å²) >= 11 is 1.39. The zero-order valence-corrected chi connectivity index (χ0v) is 14.9. The van der Waals surface area contributed by atoms with Gasteiger partial charge in [-0.15, -0.1) is 11.3 Å². The van der Waals surface area contributed by atoms with Crippen molar-refractivity contribution < 1.29 is 14.3 Å². The Labute approximate surface area is 149 Å². The molecule has 0 aliphatic rings. The van der Waals surface area contributed by atoms with Gasteiger partial charge in [0.05, 0.1) is 14.2 Å². The molecule has 25 heavy (non-hydrogen) atoms. The molecule has 1 amide bonds. The molecule has 1 aromatic carbocycles. The number of carbonyl (C=O) groups is 1. The Bertz CT molecular complexity index is 908. The number of hydrogen-bond acceptors (Lipinski definition) is 6. The largest absolute Gasteiger partial charge is 0.493 e. The van der Waals surface area contributed by atoms with Crippen molar-refractivity contribution in [2.75, 3.05) is 19.5 Å². The Morgan fingerprint density at radius 2 is 1.96 bits per heavy atom. The van der Waals surface area contributed by atoms with Gasteiger partial charge < -0.3 is 14.8 Å². The van der Waals surface area contributed by atoms with Crippen LogP contribution >= 0.6 is 11.3 Å². The summed E-state index contributed by atoms with van der Waals surface area (Å²) in [5.74, 6) is 1.51. The highest BCUT2D eigenvalue weighted by atomic mass is 32.1. The van der Waals surface area contributed by atoms with Gasteiger partial charge in [0, 0.05) is 17.1 Å². The van der Waals surface area contributed by atoms with Gasteiger partial charge in [-0.3, -0.25) is 4.79 Å². The smallest absolute Gasteiger partial charge is 0.276 e. The molecule has 0 aliphatic carbocycles. The van der Waals surface area contributed by atoms with Crippen LogP contribution in [-0.2, 0) is 0 Å². The maximum Gasteiger partial charge on any atom is 0.276 e. The molecule has 0 aliphatic heterocycles. The number of carbonyl (C=O) groups excluding carboxylic acids is 1. The summed E-state index contributed by atoms with van der Waals surface area (Å²) in [6.45, 7) is 1.89. The summed E-state index contributed by atoms with van der Waals surface area (Å²) in [6.07, 6.45) is 1.64. The van der Waals surface area contributed by atoms with E-state index in [4.69, 9.17) is 9.47 Å². The fraction of sp³-hybridized carbons (Fsp3) is 0.167. The Balaban J connectivity index is 1.83. The van der Waals surface area contributed by atoms with Crippen LogP contribution in [0.2, 0.25) is 0 Å². The van der Waals surface area contributed by atoms with E-state index in [1.165, 1.54) is 11.3 Å². The van der Waals surface area contributed by atoms with E-state index >= 15 is 0 Å². The van der Waals surface area contributed by atoms with E-state index in [0.29, 0.717) is 23.0 Å². The molecule has 3 aromatic rings. The second-order valence-corrected chi connectivity index (χ2v) is 6.09. The van der Waals surface area contributed by atoms with Gasteiger partial charge >= 0.3 is 0 Å². The predicted octanol–water partition coefficient (Wildman–Crippen LogP) is 3.78. The van der Waals surface area contributed by atoms with E-state index in [-0.39, 0.29) is 5.91 Å². The number of nitrogens with zero attached hydrogens (tertiary/aromatic N) is 2. The highest BCUT2D eigenvalue weighted by Crippen LogP contribution is 2.33. The van der Waals surface area contributed by atoms with Crippen LogP contribution in [0.25, 0.3) is 10.6 Å². The number of aryl methyl sites for hydroxylation is 1. The second-order valence-electron chi connectivity index (χ2n) is 5.23. The number of anilines is 1. The average Bonchev–Trinajstić information content (AvgIpc) is 3.13. The molecular weight excluding hydrogens is 338 g/mol. The topological polar surface area (TPSA) is 73.3 Å². The zero-order chi connectivity index (χ0) is 17.8. The fourth-order valence-electron chi connectivity index (χ4n) is 2.27. The lowest BCUT2D eigenvalue weighted by molar-refractivity contribution is 0.102. The molecule has 0 saturated heterocycles. The van der Waals surface area contributed by atoms with Gasteiger partial charge in [-0.05, 0) is 36.8 Å². The monoisotopic (exact) mass is 355 g/mol. The number of ether oxygens (including phenoxy) is 2. The number of pyridine rings is 1. The molecule has 7 heteroatoms. The predicted molar refractivity (Wildman–Crippen MR) is 97.6 cm³/mol. The first-order valence-corrected chi connectivity index (χ1v) is 8.41. The SMILES string of the molecule is COc1ccc(-c2nc(C(=O)Nc3ncccc3C)cs2)cc1OC. The van der Waals surface area contributed by atoms with Crippen molar-refractivity contribution in [1.82, 2.24) is 9.97 Å². The molecule has 128 valence electrons. The molecule has 2 aromatic heterocycles. The zero-order valence-electron chi connectivity index (χ0n) is 14.1.